The molecule has 0 aromatic heterocycles. The van der Waals surface area contributed by atoms with E-state index in [9.17, 15) is 5.11 Å². The number of hydrogen-bond donors (Lipinski definition) is 2. The van der Waals surface area contributed by atoms with Gasteiger partial charge in [-0.25, -0.2) is 0 Å². The van der Waals surface area contributed by atoms with E-state index in [1.807, 2.05) is 0 Å². The lowest BCUT2D eigenvalue weighted by molar-refractivity contribution is 0.0308. The number of likely N-dealkylation sites (tertiary alicyclic amines) is 1. The van der Waals surface area contributed by atoms with Crippen molar-refractivity contribution in [1.29, 1.82) is 0 Å². The Balaban J connectivity index is 1.76. The third-order valence-corrected chi connectivity index (χ3v) is 4.56. The molecule has 2 rings (SSSR count). The zero-order valence-corrected chi connectivity index (χ0v) is 14.1. The third-order valence-electron chi connectivity index (χ3n) is 4.56. The summed E-state index contributed by atoms with van der Waals surface area (Å²) in [6.45, 7) is 7.64. The van der Waals surface area contributed by atoms with Crippen molar-refractivity contribution in [2.24, 2.45) is 0 Å². The van der Waals surface area contributed by atoms with Gasteiger partial charge in [-0.15, -0.1) is 0 Å². The summed E-state index contributed by atoms with van der Waals surface area (Å²) in [5.41, 5.74) is 2.74. The van der Waals surface area contributed by atoms with Gasteiger partial charge in [0.2, 0.25) is 0 Å². The number of hydrogen-bond acceptors (Lipinski definition) is 4. The number of ether oxygens (including phenoxy) is 1. The van der Waals surface area contributed by atoms with Crippen LogP contribution < -0.4 is 5.32 Å². The quantitative estimate of drug-likeness (QED) is 0.810. The molecule has 0 bridgehead atoms. The SMILES string of the molecule is COCC(O)CN1CCC(NC(C)c2ccccc2C)CC1. The number of aliphatic hydroxyl groups is 1. The van der Waals surface area contributed by atoms with E-state index < -0.39 is 0 Å². The van der Waals surface area contributed by atoms with E-state index in [4.69, 9.17) is 4.74 Å². The molecule has 124 valence electrons. The second-order valence-corrected chi connectivity index (χ2v) is 6.43. The molecule has 2 N–H and O–H groups in total. The third kappa shape index (κ3) is 5.06. The minimum absolute atomic E-state index is 0.375. The van der Waals surface area contributed by atoms with Gasteiger partial charge in [-0.3, -0.25) is 0 Å². The number of aryl methyl sites for hydroxylation is 1. The van der Waals surface area contributed by atoms with Crippen molar-refractivity contribution in [2.45, 2.75) is 44.9 Å². The first-order chi connectivity index (χ1) is 10.6. The van der Waals surface area contributed by atoms with Crippen molar-refractivity contribution in [2.75, 3.05) is 33.4 Å². The predicted molar refractivity (Wildman–Crippen MR) is 90.1 cm³/mol. The van der Waals surface area contributed by atoms with E-state index in [0.29, 0.717) is 25.2 Å². The zero-order chi connectivity index (χ0) is 15.9. The van der Waals surface area contributed by atoms with E-state index in [2.05, 4.69) is 48.3 Å². The minimum Gasteiger partial charge on any atom is -0.389 e. The standard InChI is InChI=1S/C18H30N2O2/c1-14-6-4-5-7-18(14)15(2)19-16-8-10-20(11-9-16)12-17(21)13-22-3/h4-7,15-17,19,21H,8-13H2,1-3H3. The molecule has 0 amide bonds. The Hall–Kier alpha value is -0.940. The Morgan fingerprint density at radius 2 is 2.00 bits per heavy atom. The highest BCUT2D eigenvalue weighted by Crippen LogP contribution is 2.20. The molecule has 2 unspecified atom stereocenters. The van der Waals surface area contributed by atoms with Gasteiger partial charge in [0.25, 0.3) is 0 Å². The Kier molecular flexibility index (Phi) is 6.83. The van der Waals surface area contributed by atoms with Crippen LogP contribution in [0.1, 0.15) is 36.9 Å². The fourth-order valence-corrected chi connectivity index (χ4v) is 3.34. The van der Waals surface area contributed by atoms with Crippen molar-refractivity contribution in [3.63, 3.8) is 0 Å². The molecule has 22 heavy (non-hydrogen) atoms. The highest BCUT2D eigenvalue weighted by Gasteiger charge is 2.22. The number of aliphatic hydroxyl groups excluding tert-OH is 1. The zero-order valence-electron chi connectivity index (χ0n) is 14.1. The largest absolute Gasteiger partial charge is 0.389 e. The molecule has 0 aliphatic carbocycles. The van der Waals surface area contributed by atoms with Crippen molar-refractivity contribution in [3.8, 4) is 0 Å². The van der Waals surface area contributed by atoms with Crippen LogP contribution in [0.2, 0.25) is 0 Å². The lowest BCUT2D eigenvalue weighted by Gasteiger charge is -2.35. The van der Waals surface area contributed by atoms with Crippen LogP contribution >= 0.6 is 0 Å². The van der Waals surface area contributed by atoms with E-state index in [-0.39, 0.29) is 6.10 Å². The second kappa shape index (κ2) is 8.63. The number of piperidine rings is 1. The van der Waals surface area contributed by atoms with Crippen molar-refractivity contribution in [3.05, 3.63) is 35.4 Å². The topological polar surface area (TPSA) is 44.7 Å². The monoisotopic (exact) mass is 306 g/mol. The van der Waals surface area contributed by atoms with E-state index in [1.165, 1.54) is 11.1 Å². The Morgan fingerprint density at radius 3 is 2.64 bits per heavy atom. The molecule has 0 spiro atoms. The lowest BCUT2D eigenvalue weighted by atomic mass is 9.99. The number of rotatable bonds is 7. The molecule has 4 nitrogen and oxygen atoms in total. The van der Waals surface area contributed by atoms with Crippen molar-refractivity contribution in [1.82, 2.24) is 10.2 Å². The predicted octanol–water partition coefficient (Wildman–Crippen LogP) is 2.12. The van der Waals surface area contributed by atoms with Crippen LogP contribution in [-0.4, -0.2) is 55.5 Å². The van der Waals surface area contributed by atoms with E-state index >= 15 is 0 Å². The molecule has 4 heteroatoms. The molecule has 1 fully saturated rings. The van der Waals surface area contributed by atoms with Crippen LogP contribution in [0.25, 0.3) is 0 Å². The molecule has 0 saturated carbocycles. The van der Waals surface area contributed by atoms with E-state index in [0.717, 1.165) is 25.9 Å². The fraction of sp³-hybridized carbons (Fsp3) is 0.667. The molecule has 1 heterocycles. The smallest absolute Gasteiger partial charge is 0.0900 e. The number of nitrogens with one attached hydrogen (secondary N) is 1. The number of methoxy groups -OCH3 is 1. The first kappa shape index (κ1) is 17.4. The summed E-state index contributed by atoms with van der Waals surface area (Å²) >= 11 is 0. The highest BCUT2D eigenvalue weighted by molar-refractivity contribution is 5.28. The number of nitrogens with zero attached hydrogens (tertiary/aromatic N) is 1. The van der Waals surface area contributed by atoms with Gasteiger partial charge in [0.1, 0.15) is 0 Å². The van der Waals surface area contributed by atoms with Gasteiger partial charge in [-0.2, -0.15) is 0 Å². The average Bonchev–Trinajstić information content (AvgIpc) is 2.50. The second-order valence-electron chi connectivity index (χ2n) is 6.43. The summed E-state index contributed by atoms with van der Waals surface area (Å²) in [6, 6.07) is 9.54. The summed E-state index contributed by atoms with van der Waals surface area (Å²) in [4.78, 5) is 2.33. The first-order valence-corrected chi connectivity index (χ1v) is 8.31. The average molecular weight is 306 g/mol. The first-order valence-electron chi connectivity index (χ1n) is 8.31. The van der Waals surface area contributed by atoms with Crippen LogP contribution in [0, 0.1) is 6.92 Å². The summed E-state index contributed by atoms with van der Waals surface area (Å²) in [5, 5.41) is 13.6. The minimum atomic E-state index is -0.375. The summed E-state index contributed by atoms with van der Waals surface area (Å²) in [7, 11) is 1.63. The highest BCUT2D eigenvalue weighted by atomic mass is 16.5. The molecule has 1 aliphatic heterocycles. The summed E-state index contributed by atoms with van der Waals surface area (Å²) < 4.78 is 4.99. The Morgan fingerprint density at radius 1 is 1.32 bits per heavy atom. The van der Waals surface area contributed by atoms with Crippen LogP contribution in [0.5, 0.6) is 0 Å². The lowest BCUT2D eigenvalue weighted by Crippen LogP contribution is -2.46. The molecular formula is C18H30N2O2. The van der Waals surface area contributed by atoms with Gasteiger partial charge in [-0.1, -0.05) is 24.3 Å². The Labute approximate surface area is 134 Å². The fourth-order valence-electron chi connectivity index (χ4n) is 3.34. The molecule has 1 saturated heterocycles. The maximum absolute atomic E-state index is 9.81. The van der Waals surface area contributed by atoms with E-state index in [1.54, 1.807) is 7.11 Å². The number of β-amino-alcohol motifs (C(OH)–C–C–N with tert-alkyl or cyclic N) is 1. The Bertz CT molecular complexity index is 444. The molecule has 1 aromatic rings. The van der Waals surface area contributed by atoms with Gasteiger partial charge in [0, 0.05) is 25.7 Å². The summed E-state index contributed by atoms with van der Waals surface area (Å²) in [5.74, 6) is 0. The normalized spacial score (nSPS) is 20.0. The van der Waals surface area contributed by atoms with Crippen LogP contribution in [0.4, 0.5) is 0 Å². The molecule has 2 atom stereocenters. The maximum atomic E-state index is 9.81. The molecule has 0 radical (unpaired) electrons. The number of benzene rings is 1. The van der Waals surface area contributed by atoms with Crippen molar-refractivity contribution >= 4 is 0 Å². The van der Waals surface area contributed by atoms with Gasteiger partial charge < -0.3 is 20.1 Å². The van der Waals surface area contributed by atoms with Crippen molar-refractivity contribution < 1.29 is 9.84 Å². The molecular weight excluding hydrogens is 276 g/mol. The van der Waals surface area contributed by atoms with Crippen LogP contribution in [-0.2, 0) is 4.74 Å². The van der Waals surface area contributed by atoms with Gasteiger partial charge in [-0.05, 0) is 50.9 Å². The van der Waals surface area contributed by atoms with Gasteiger partial charge >= 0.3 is 0 Å². The summed E-state index contributed by atoms with van der Waals surface area (Å²) in [6.07, 6.45) is 1.90. The van der Waals surface area contributed by atoms with Gasteiger partial charge in [0.05, 0.1) is 12.7 Å². The van der Waals surface area contributed by atoms with Crippen LogP contribution in [0.15, 0.2) is 24.3 Å². The molecule has 1 aromatic carbocycles. The maximum Gasteiger partial charge on any atom is 0.0900 e. The van der Waals surface area contributed by atoms with Gasteiger partial charge in [0.15, 0.2) is 0 Å². The van der Waals surface area contributed by atoms with Crippen LogP contribution in [0.3, 0.4) is 0 Å². The molecule has 1 aliphatic rings.